The highest BCUT2D eigenvalue weighted by atomic mass is 19.1. The van der Waals surface area contributed by atoms with Crippen molar-refractivity contribution >= 4 is 5.97 Å². The summed E-state index contributed by atoms with van der Waals surface area (Å²) in [5, 5.41) is 18.2. The highest BCUT2D eigenvalue weighted by Gasteiger charge is 2.20. The molecule has 0 saturated heterocycles. The zero-order valence-corrected chi connectivity index (χ0v) is 9.11. The SMILES string of the molecule is CCCCC(C(=O)O)c1cc(O)cc(F)c1. The van der Waals surface area contributed by atoms with Crippen LogP contribution in [0.2, 0.25) is 0 Å². The summed E-state index contributed by atoms with van der Waals surface area (Å²) in [6.45, 7) is 1.96. The van der Waals surface area contributed by atoms with Gasteiger partial charge >= 0.3 is 5.97 Å². The second-order valence-corrected chi connectivity index (χ2v) is 3.78. The van der Waals surface area contributed by atoms with E-state index in [0.29, 0.717) is 12.0 Å². The van der Waals surface area contributed by atoms with E-state index in [1.54, 1.807) is 0 Å². The Morgan fingerprint density at radius 3 is 2.62 bits per heavy atom. The molecule has 1 atom stereocenters. The fraction of sp³-hybridized carbons (Fsp3) is 0.417. The Kier molecular flexibility index (Phi) is 4.28. The number of benzene rings is 1. The maximum atomic E-state index is 13.0. The van der Waals surface area contributed by atoms with Gasteiger partial charge in [-0.05, 0) is 24.1 Å². The van der Waals surface area contributed by atoms with Crippen molar-refractivity contribution in [3.05, 3.63) is 29.6 Å². The number of phenols is 1. The number of rotatable bonds is 5. The van der Waals surface area contributed by atoms with Gasteiger partial charge in [0.15, 0.2) is 0 Å². The first-order valence-corrected chi connectivity index (χ1v) is 5.27. The van der Waals surface area contributed by atoms with Crippen LogP contribution in [0.15, 0.2) is 18.2 Å². The molecular weight excluding hydrogens is 211 g/mol. The van der Waals surface area contributed by atoms with Crippen molar-refractivity contribution in [2.24, 2.45) is 0 Å². The Bertz CT molecular complexity index is 356. The van der Waals surface area contributed by atoms with Gasteiger partial charge in [0, 0.05) is 6.07 Å². The van der Waals surface area contributed by atoms with Crippen LogP contribution in [-0.4, -0.2) is 16.2 Å². The molecular formula is C12H15FO3. The molecule has 4 heteroatoms. The molecule has 1 unspecified atom stereocenters. The number of phenolic OH excluding ortho intramolecular Hbond substituents is 1. The lowest BCUT2D eigenvalue weighted by Crippen LogP contribution is -2.11. The van der Waals surface area contributed by atoms with Gasteiger partial charge in [0.25, 0.3) is 0 Å². The summed E-state index contributed by atoms with van der Waals surface area (Å²) in [6, 6.07) is 3.42. The molecule has 1 aromatic rings. The first-order chi connectivity index (χ1) is 7.54. The van der Waals surface area contributed by atoms with Gasteiger partial charge < -0.3 is 10.2 Å². The van der Waals surface area contributed by atoms with Crippen molar-refractivity contribution in [1.29, 1.82) is 0 Å². The highest BCUT2D eigenvalue weighted by Crippen LogP contribution is 2.26. The maximum absolute atomic E-state index is 13.0. The first-order valence-electron chi connectivity index (χ1n) is 5.27. The number of hydrogen-bond donors (Lipinski definition) is 2. The van der Waals surface area contributed by atoms with Crippen LogP contribution in [-0.2, 0) is 4.79 Å². The molecule has 0 fully saturated rings. The molecule has 0 amide bonds. The van der Waals surface area contributed by atoms with E-state index in [0.717, 1.165) is 25.0 Å². The van der Waals surface area contributed by atoms with E-state index < -0.39 is 17.7 Å². The van der Waals surface area contributed by atoms with Crippen LogP contribution in [0.4, 0.5) is 4.39 Å². The summed E-state index contributed by atoms with van der Waals surface area (Å²) in [6.07, 6.45) is 2.09. The second kappa shape index (κ2) is 5.49. The van der Waals surface area contributed by atoms with Gasteiger partial charge in [0.2, 0.25) is 0 Å². The minimum Gasteiger partial charge on any atom is -0.508 e. The predicted octanol–water partition coefficient (Wildman–Crippen LogP) is 2.89. The molecule has 1 aromatic carbocycles. The molecule has 0 spiro atoms. The van der Waals surface area contributed by atoms with Crippen molar-refractivity contribution in [2.75, 3.05) is 0 Å². The summed E-state index contributed by atoms with van der Waals surface area (Å²) in [7, 11) is 0. The summed E-state index contributed by atoms with van der Waals surface area (Å²) >= 11 is 0. The maximum Gasteiger partial charge on any atom is 0.310 e. The lowest BCUT2D eigenvalue weighted by Gasteiger charge is -2.12. The first kappa shape index (κ1) is 12.5. The van der Waals surface area contributed by atoms with E-state index in [9.17, 15) is 14.3 Å². The topological polar surface area (TPSA) is 57.5 Å². The van der Waals surface area contributed by atoms with Gasteiger partial charge in [0.05, 0.1) is 5.92 Å². The fourth-order valence-electron chi connectivity index (χ4n) is 1.64. The van der Waals surface area contributed by atoms with Crippen LogP contribution in [0.25, 0.3) is 0 Å². The average molecular weight is 226 g/mol. The quantitative estimate of drug-likeness (QED) is 0.811. The predicted molar refractivity (Wildman–Crippen MR) is 58.0 cm³/mol. The monoisotopic (exact) mass is 226 g/mol. The summed E-state index contributed by atoms with van der Waals surface area (Å²) in [5.41, 5.74) is 0.318. The zero-order valence-electron chi connectivity index (χ0n) is 9.11. The van der Waals surface area contributed by atoms with Crippen molar-refractivity contribution in [2.45, 2.75) is 32.1 Å². The van der Waals surface area contributed by atoms with Crippen molar-refractivity contribution < 1.29 is 19.4 Å². The van der Waals surface area contributed by atoms with E-state index in [-0.39, 0.29) is 5.75 Å². The lowest BCUT2D eigenvalue weighted by molar-refractivity contribution is -0.139. The number of aliphatic carboxylic acids is 1. The molecule has 88 valence electrons. The Morgan fingerprint density at radius 1 is 1.44 bits per heavy atom. The Hall–Kier alpha value is -1.58. The number of unbranched alkanes of at least 4 members (excludes halogenated alkanes) is 1. The second-order valence-electron chi connectivity index (χ2n) is 3.78. The van der Waals surface area contributed by atoms with E-state index in [4.69, 9.17) is 5.11 Å². The van der Waals surface area contributed by atoms with Crippen molar-refractivity contribution in [3.63, 3.8) is 0 Å². The van der Waals surface area contributed by atoms with Crippen molar-refractivity contribution in [3.8, 4) is 5.75 Å². The smallest absolute Gasteiger partial charge is 0.310 e. The van der Waals surface area contributed by atoms with E-state index in [1.165, 1.54) is 6.07 Å². The third-order valence-corrected chi connectivity index (χ3v) is 2.45. The van der Waals surface area contributed by atoms with Crippen LogP contribution in [0.1, 0.15) is 37.7 Å². The number of carbonyl (C=O) groups is 1. The van der Waals surface area contributed by atoms with Gasteiger partial charge in [-0.25, -0.2) is 4.39 Å². The molecule has 0 aliphatic heterocycles. The lowest BCUT2D eigenvalue weighted by atomic mass is 9.93. The molecule has 0 bridgehead atoms. The van der Waals surface area contributed by atoms with Crippen LogP contribution in [0.3, 0.4) is 0 Å². The van der Waals surface area contributed by atoms with Crippen LogP contribution in [0.5, 0.6) is 5.75 Å². The number of hydrogen-bond acceptors (Lipinski definition) is 2. The van der Waals surface area contributed by atoms with E-state index in [1.807, 2.05) is 6.92 Å². The molecule has 1 rings (SSSR count). The molecule has 16 heavy (non-hydrogen) atoms. The third kappa shape index (κ3) is 3.22. The summed E-state index contributed by atoms with van der Waals surface area (Å²) in [5.74, 6) is -2.59. The van der Waals surface area contributed by atoms with E-state index >= 15 is 0 Å². The van der Waals surface area contributed by atoms with Crippen LogP contribution in [0, 0.1) is 5.82 Å². The van der Waals surface area contributed by atoms with Crippen LogP contribution >= 0.6 is 0 Å². The molecule has 0 heterocycles. The number of carboxylic acid groups (broad SMARTS) is 1. The molecule has 0 aliphatic carbocycles. The Morgan fingerprint density at radius 2 is 2.12 bits per heavy atom. The Labute approximate surface area is 93.5 Å². The number of carboxylic acids is 1. The molecule has 0 aromatic heterocycles. The summed E-state index contributed by atoms with van der Waals surface area (Å²) in [4.78, 5) is 11.0. The highest BCUT2D eigenvalue weighted by molar-refractivity contribution is 5.76. The molecule has 0 aliphatic rings. The van der Waals surface area contributed by atoms with Gasteiger partial charge in [-0.15, -0.1) is 0 Å². The van der Waals surface area contributed by atoms with E-state index in [2.05, 4.69) is 0 Å². The largest absolute Gasteiger partial charge is 0.508 e. The molecule has 0 radical (unpaired) electrons. The number of aromatic hydroxyl groups is 1. The standard InChI is InChI=1S/C12H15FO3/c1-2-3-4-11(12(15)16)8-5-9(13)7-10(14)6-8/h5-7,11,14H,2-4H2,1H3,(H,15,16). The van der Waals surface area contributed by atoms with Crippen molar-refractivity contribution in [1.82, 2.24) is 0 Å². The molecule has 2 N–H and O–H groups in total. The third-order valence-electron chi connectivity index (χ3n) is 2.45. The number of halogens is 1. The Balaban J connectivity index is 2.96. The van der Waals surface area contributed by atoms with Gasteiger partial charge in [-0.3, -0.25) is 4.79 Å². The molecule has 0 saturated carbocycles. The molecule has 3 nitrogen and oxygen atoms in total. The normalized spacial score (nSPS) is 12.4. The fourth-order valence-corrected chi connectivity index (χ4v) is 1.64. The minimum absolute atomic E-state index is 0.238. The minimum atomic E-state index is -0.988. The summed E-state index contributed by atoms with van der Waals surface area (Å²) < 4.78 is 13.0. The van der Waals surface area contributed by atoms with Gasteiger partial charge in [0.1, 0.15) is 11.6 Å². The van der Waals surface area contributed by atoms with Gasteiger partial charge in [-0.1, -0.05) is 19.8 Å². The van der Waals surface area contributed by atoms with Gasteiger partial charge in [-0.2, -0.15) is 0 Å². The average Bonchev–Trinajstić information content (AvgIpc) is 2.16. The zero-order chi connectivity index (χ0) is 12.1. The van der Waals surface area contributed by atoms with Crippen LogP contribution < -0.4 is 0 Å².